The molecule has 2 rings (SSSR count). The highest BCUT2D eigenvalue weighted by molar-refractivity contribution is 6.12. The van der Waals surface area contributed by atoms with Gasteiger partial charge >= 0.3 is 5.91 Å². The van der Waals surface area contributed by atoms with E-state index in [1.807, 2.05) is 0 Å². The van der Waals surface area contributed by atoms with Crippen LogP contribution in [0.25, 0.3) is 0 Å². The molecule has 2 N–H and O–H groups in total. The van der Waals surface area contributed by atoms with Crippen molar-refractivity contribution in [1.29, 1.82) is 0 Å². The van der Waals surface area contributed by atoms with E-state index in [0.29, 0.717) is 6.21 Å². The van der Waals surface area contributed by atoms with E-state index >= 15 is 0 Å². The van der Waals surface area contributed by atoms with Gasteiger partial charge in [0.2, 0.25) is 0 Å². The lowest BCUT2D eigenvalue weighted by Gasteiger charge is -2.15. The summed E-state index contributed by atoms with van der Waals surface area (Å²) in [4.78, 5) is 21.2. The SMILES string of the molecule is O=C1N(c2ccc([N+](=O)[O-])cc2)N=CC1(O)O. The van der Waals surface area contributed by atoms with Crippen LogP contribution in [0.2, 0.25) is 0 Å². The second-order valence-electron chi connectivity index (χ2n) is 3.36. The van der Waals surface area contributed by atoms with Crippen LogP contribution in [0.4, 0.5) is 11.4 Å². The summed E-state index contributed by atoms with van der Waals surface area (Å²) in [6, 6.07) is 4.95. The molecule has 17 heavy (non-hydrogen) atoms. The Balaban J connectivity index is 2.28. The molecule has 8 nitrogen and oxygen atoms in total. The summed E-state index contributed by atoms with van der Waals surface area (Å²) in [6.07, 6.45) is 0.677. The predicted octanol–water partition coefficient (Wildman–Crippen LogP) is -0.392. The number of anilines is 1. The van der Waals surface area contributed by atoms with Gasteiger partial charge < -0.3 is 10.2 Å². The van der Waals surface area contributed by atoms with E-state index < -0.39 is 16.6 Å². The summed E-state index contributed by atoms with van der Waals surface area (Å²) in [7, 11) is 0. The van der Waals surface area contributed by atoms with Crippen molar-refractivity contribution in [3.63, 3.8) is 0 Å². The summed E-state index contributed by atoms with van der Waals surface area (Å²) in [5, 5.41) is 33.0. The maximum absolute atomic E-state index is 11.4. The molecule has 0 aromatic heterocycles. The van der Waals surface area contributed by atoms with E-state index in [0.717, 1.165) is 5.01 Å². The molecule has 1 aliphatic heterocycles. The number of hydrogen-bond acceptors (Lipinski definition) is 6. The molecule has 88 valence electrons. The predicted molar refractivity (Wildman–Crippen MR) is 56.2 cm³/mol. The molecule has 0 aliphatic carbocycles. The Morgan fingerprint density at radius 2 is 1.88 bits per heavy atom. The van der Waals surface area contributed by atoms with Gasteiger partial charge in [-0.3, -0.25) is 14.9 Å². The smallest absolute Gasteiger partial charge is 0.313 e. The van der Waals surface area contributed by atoms with Gasteiger partial charge in [-0.25, -0.2) is 0 Å². The van der Waals surface area contributed by atoms with E-state index in [9.17, 15) is 14.9 Å². The normalized spacial score (nSPS) is 17.5. The molecule has 1 aromatic carbocycles. The van der Waals surface area contributed by atoms with Crippen LogP contribution >= 0.6 is 0 Å². The molecule has 0 spiro atoms. The zero-order valence-electron chi connectivity index (χ0n) is 8.35. The number of nitrogens with zero attached hydrogens (tertiary/aromatic N) is 3. The molecule has 0 radical (unpaired) electrons. The van der Waals surface area contributed by atoms with Crippen LogP contribution in [0.3, 0.4) is 0 Å². The number of nitro benzene ring substituents is 1. The second kappa shape index (κ2) is 3.61. The number of nitro groups is 1. The molecule has 1 heterocycles. The first-order chi connectivity index (χ1) is 7.92. The highest BCUT2D eigenvalue weighted by Gasteiger charge is 2.41. The van der Waals surface area contributed by atoms with Crippen molar-refractivity contribution in [3.05, 3.63) is 34.4 Å². The van der Waals surface area contributed by atoms with Gasteiger partial charge in [0.15, 0.2) is 0 Å². The molecule has 0 unspecified atom stereocenters. The summed E-state index contributed by atoms with van der Waals surface area (Å²) in [6.45, 7) is 0. The average molecular weight is 237 g/mol. The van der Waals surface area contributed by atoms with Gasteiger partial charge in [-0.05, 0) is 12.1 Å². The fraction of sp³-hybridized carbons (Fsp3) is 0.111. The summed E-state index contributed by atoms with van der Waals surface area (Å²) in [5.41, 5.74) is 0.0745. The van der Waals surface area contributed by atoms with Crippen molar-refractivity contribution < 1.29 is 19.9 Å². The molecular formula is C9H7N3O5. The zero-order valence-corrected chi connectivity index (χ0v) is 8.35. The van der Waals surface area contributed by atoms with Gasteiger partial charge in [0.05, 0.1) is 16.8 Å². The number of rotatable bonds is 2. The molecule has 1 amide bonds. The fourth-order valence-electron chi connectivity index (χ4n) is 1.30. The van der Waals surface area contributed by atoms with Crippen molar-refractivity contribution in [2.75, 3.05) is 5.01 Å². The minimum Gasteiger partial charge on any atom is -0.354 e. The van der Waals surface area contributed by atoms with E-state index in [1.165, 1.54) is 24.3 Å². The van der Waals surface area contributed by atoms with Gasteiger partial charge in [0.1, 0.15) is 0 Å². The van der Waals surface area contributed by atoms with Crippen LogP contribution in [-0.2, 0) is 4.79 Å². The highest BCUT2D eigenvalue weighted by atomic mass is 16.6. The standard InChI is InChI=1S/C9H7N3O5/c13-8-9(14,15)5-10-11(8)6-1-3-7(4-2-6)12(16)17/h1-5,14-15H. The molecule has 0 atom stereocenters. The van der Waals surface area contributed by atoms with Crippen molar-refractivity contribution in [2.24, 2.45) is 5.10 Å². The van der Waals surface area contributed by atoms with Crippen molar-refractivity contribution >= 4 is 23.5 Å². The molecule has 0 bridgehead atoms. The number of carbonyl (C=O) groups excluding carboxylic acids is 1. The Morgan fingerprint density at radius 1 is 1.29 bits per heavy atom. The maximum Gasteiger partial charge on any atom is 0.313 e. The van der Waals surface area contributed by atoms with Gasteiger partial charge in [0.25, 0.3) is 11.5 Å². The Morgan fingerprint density at radius 3 is 2.29 bits per heavy atom. The second-order valence-corrected chi connectivity index (χ2v) is 3.36. The van der Waals surface area contributed by atoms with Crippen molar-refractivity contribution in [2.45, 2.75) is 5.79 Å². The maximum atomic E-state index is 11.4. The summed E-state index contributed by atoms with van der Waals surface area (Å²) in [5.74, 6) is -3.66. The van der Waals surface area contributed by atoms with Crippen LogP contribution in [0.15, 0.2) is 29.4 Å². The summed E-state index contributed by atoms with van der Waals surface area (Å²) >= 11 is 0. The molecule has 0 saturated heterocycles. The molecule has 1 aliphatic rings. The topological polar surface area (TPSA) is 116 Å². The average Bonchev–Trinajstić information content (AvgIpc) is 2.55. The first-order valence-corrected chi connectivity index (χ1v) is 4.51. The minimum absolute atomic E-state index is 0.136. The third-order valence-corrected chi connectivity index (χ3v) is 2.17. The Bertz CT molecular complexity index is 508. The number of aliphatic hydroxyl groups is 2. The molecular weight excluding hydrogens is 230 g/mol. The lowest BCUT2D eigenvalue weighted by Crippen LogP contribution is -2.42. The first kappa shape index (κ1) is 11.2. The Labute approximate surface area is 94.5 Å². The van der Waals surface area contributed by atoms with Crippen LogP contribution < -0.4 is 5.01 Å². The third kappa shape index (κ3) is 1.86. The molecule has 1 aromatic rings. The van der Waals surface area contributed by atoms with Gasteiger partial charge in [-0.2, -0.15) is 10.1 Å². The third-order valence-electron chi connectivity index (χ3n) is 2.17. The van der Waals surface area contributed by atoms with Crippen molar-refractivity contribution in [1.82, 2.24) is 0 Å². The first-order valence-electron chi connectivity index (χ1n) is 4.51. The summed E-state index contributed by atoms with van der Waals surface area (Å²) < 4.78 is 0. The minimum atomic E-state index is -2.62. The lowest BCUT2D eigenvalue weighted by atomic mass is 10.2. The Hall–Kier alpha value is -2.32. The monoisotopic (exact) mass is 237 g/mol. The van der Waals surface area contributed by atoms with E-state index in [1.54, 1.807) is 0 Å². The molecule has 0 saturated carbocycles. The van der Waals surface area contributed by atoms with Crippen LogP contribution in [-0.4, -0.2) is 33.0 Å². The van der Waals surface area contributed by atoms with E-state index in [-0.39, 0.29) is 11.4 Å². The van der Waals surface area contributed by atoms with Crippen LogP contribution in [0.5, 0.6) is 0 Å². The number of hydrogen-bond donors (Lipinski definition) is 2. The number of non-ortho nitro benzene ring substituents is 1. The number of benzene rings is 1. The number of amides is 1. The van der Waals surface area contributed by atoms with Gasteiger partial charge in [0, 0.05) is 12.1 Å². The van der Waals surface area contributed by atoms with Gasteiger partial charge in [-0.1, -0.05) is 0 Å². The van der Waals surface area contributed by atoms with E-state index in [4.69, 9.17) is 10.2 Å². The van der Waals surface area contributed by atoms with Crippen LogP contribution in [0.1, 0.15) is 0 Å². The van der Waals surface area contributed by atoms with Crippen LogP contribution in [0, 0.1) is 10.1 Å². The van der Waals surface area contributed by atoms with E-state index in [2.05, 4.69) is 5.10 Å². The zero-order chi connectivity index (χ0) is 12.6. The van der Waals surface area contributed by atoms with Gasteiger partial charge in [-0.15, -0.1) is 0 Å². The lowest BCUT2D eigenvalue weighted by molar-refractivity contribution is -0.384. The number of hydrazone groups is 1. The highest BCUT2D eigenvalue weighted by Crippen LogP contribution is 2.24. The Kier molecular flexibility index (Phi) is 2.37. The van der Waals surface area contributed by atoms with Crippen molar-refractivity contribution in [3.8, 4) is 0 Å². The number of carbonyl (C=O) groups is 1. The molecule has 0 fully saturated rings. The fourth-order valence-corrected chi connectivity index (χ4v) is 1.30. The molecule has 8 heteroatoms. The largest absolute Gasteiger partial charge is 0.354 e. The quantitative estimate of drug-likeness (QED) is 0.412.